The fraction of sp³-hybridized carbons (Fsp3) is 0.150. The van der Waals surface area contributed by atoms with E-state index in [1.165, 1.54) is 49.5 Å². The van der Waals surface area contributed by atoms with Gasteiger partial charge in [-0.25, -0.2) is 0 Å². The van der Waals surface area contributed by atoms with Crippen molar-refractivity contribution in [1.82, 2.24) is 4.57 Å². The predicted octanol–water partition coefficient (Wildman–Crippen LogP) is 9.97. The van der Waals surface area contributed by atoms with Crippen LogP contribution in [0.3, 0.4) is 0 Å². The van der Waals surface area contributed by atoms with Crippen LogP contribution in [0.1, 0.15) is 51.3 Å². The maximum absolute atomic E-state index is 6.90. The van der Waals surface area contributed by atoms with Crippen molar-refractivity contribution in [3.05, 3.63) is 161 Å². The SMILES string of the molecule is COc1ccc([C@H]2c3c(C)oc(-c4cccc5ccccc45)c3[C@@H](c3cn(C)c4ccccc34)[C@@H]2c2ccccc2)cc1. The van der Waals surface area contributed by atoms with Gasteiger partial charge in [-0.3, -0.25) is 0 Å². The molecule has 0 fully saturated rings. The van der Waals surface area contributed by atoms with Crippen LogP contribution in [0.5, 0.6) is 5.75 Å². The third-order valence-electron chi connectivity index (χ3n) is 9.47. The van der Waals surface area contributed by atoms with Crippen LogP contribution in [0.25, 0.3) is 33.0 Å². The lowest BCUT2D eigenvalue weighted by atomic mass is 9.75. The third kappa shape index (κ3) is 3.95. The second-order valence-corrected chi connectivity index (χ2v) is 11.7. The lowest BCUT2D eigenvalue weighted by Crippen LogP contribution is -2.14. The van der Waals surface area contributed by atoms with Crippen molar-refractivity contribution in [3.63, 3.8) is 0 Å². The molecule has 1 aliphatic rings. The Kier molecular flexibility index (Phi) is 6.01. The standard InChI is InChI=1S/C40H33NO2/c1-25-35-36(28-20-22-29(42-3)23-21-28)37(27-13-5-4-6-14-27)38(33-24-41(2)34-19-10-9-17-31(33)34)39(35)40(43-25)32-18-11-15-26-12-7-8-16-30(26)32/h4-24,36-38H,1-3H3/t36-,37+,38-/m0/s1. The number of furan rings is 1. The second-order valence-electron chi connectivity index (χ2n) is 11.7. The minimum absolute atomic E-state index is 0.0852. The zero-order valence-electron chi connectivity index (χ0n) is 24.6. The fourth-order valence-electron chi connectivity index (χ4n) is 7.66. The van der Waals surface area contributed by atoms with Crippen molar-refractivity contribution < 1.29 is 9.15 Å². The zero-order chi connectivity index (χ0) is 29.1. The average molecular weight is 560 g/mol. The molecule has 2 aromatic heterocycles. The predicted molar refractivity (Wildman–Crippen MR) is 175 cm³/mol. The van der Waals surface area contributed by atoms with Crippen molar-refractivity contribution in [1.29, 1.82) is 0 Å². The molecule has 1 aliphatic carbocycles. The van der Waals surface area contributed by atoms with Gasteiger partial charge in [-0.15, -0.1) is 0 Å². The summed E-state index contributed by atoms with van der Waals surface area (Å²) in [6, 6.07) is 43.7. The Balaban J connectivity index is 1.48. The maximum atomic E-state index is 6.90. The highest BCUT2D eigenvalue weighted by molar-refractivity contribution is 5.97. The van der Waals surface area contributed by atoms with E-state index in [2.05, 4.69) is 146 Å². The van der Waals surface area contributed by atoms with E-state index in [1.54, 1.807) is 7.11 Å². The Morgan fingerprint density at radius 1 is 0.651 bits per heavy atom. The van der Waals surface area contributed by atoms with E-state index in [9.17, 15) is 0 Å². The summed E-state index contributed by atoms with van der Waals surface area (Å²) in [6.45, 7) is 2.15. The molecule has 0 aliphatic heterocycles. The molecule has 0 amide bonds. The normalized spacial score (nSPS) is 17.9. The number of hydrogen-bond acceptors (Lipinski definition) is 2. The minimum atomic E-state index is 0.0852. The van der Waals surface area contributed by atoms with E-state index in [4.69, 9.17) is 9.15 Å². The van der Waals surface area contributed by atoms with E-state index < -0.39 is 0 Å². The van der Waals surface area contributed by atoms with Crippen molar-refractivity contribution in [3.8, 4) is 17.1 Å². The van der Waals surface area contributed by atoms with E-state index in [0.717, 1.165) is 22.8 Å². The van der Waals surface area contributed by atoms with Gasteiger partial charge in [0.05, 0.1) is 7.11 Å². The summed E-state index contributed by atoms with van der Waals surface area (Å²) in [5, 5.41) is 3.72. The van der Waals surface area contributed by atoms with E-state index in [-0.39, 0.29) is 17.8 Å². The highest BCUT2D eigenvalue weighted by Gasteiger charge is 2.48. The number of methoxy groups -OCH3 is 1. The van der Waals surface area contributed by atoms with Crippen LogP contribution in [0.4, 0.5) is 0 Å². The second kappa shape index (κ2) is 10.1. The quantitative estimate of drug-likeness (QED) is 0.210. The van der Waals surface area contributed by atoms with Gasteiger partial charge < -0.3 is 13.7 Å². The van der Waals surface area contributed by atoms with Crippen LogP contribution in [-0.2, 0) is 7.05 Å². The highest BCUT2D eigenvalue weighted by Crippen LogP contribution is 2.62. The Morgan fingerprint density at radius 3 is 2.14 bits per heavy atom. The van der Waals surface area contributed by atoms with Gasteiger partial charge in [0.25, 0.3) is 0 Å². The van der Waals surface area contributed by atoms with Crippen LogP contribution in [-0.4, -0.2) is 11.7 Å². The number of benzene rings is 5. The zero-order valence-corrected chi connectivity index (χ0v) is 24.6. The molecular formula is C40H33NO2. The number of nitrogens with zero attached hydrogens (tertiary/aromatic N) is 1. The first-order valence-corrected chi connectivity index (χ1v) is 15.0. The van der Waals surface area contributed by atoms with Gasteiger partial charge in [0, 0.05) is 58.6 Å². The van der Waals surface area contributed by atoms with Crippen LogP contribution in [0, 0.1) is 6.92 Å². The lowest BCUT2D eigenvalue weighted by Gasteiger charge is -2.28. The summed E-state index contributed by atoms with van der Waals surface area (Å²) in [6.07, 6.45) is 2.35. The van der Waals surface area contributed by atoms with Crippen molar-refractivity contribution in [2.45, 2.75) is 24.7 Å². The molecule has 7 aromatic rings. The molecule has 0 radical (unpaired) electrons. The van der Waals surface area contributed by atoms with Gasteiger partial charge in [0.15, 0.2) is 0 Å². The highest BCUT2D eigenvalue weighted by atomic mass is 16.5. The molecule has 5 aromatic carbocycles. The lowest BCUT2D eigenvalue weighted by molar-refractivity contribution is 0.414. The van der Waals surface area contributed by atoms with Crippen LogP contribution in [0.2, 0.25) is 0 Å². The summed E-state index contributed by atoms with van der Waals surface area (Å²) >= 11 is 0. The summed E-state index contributed by atoms with van der Waals surface area (Å²) in [5.74, 6) is 3.21. The van der Waals surface area contributed by atoms with Gasteiger partial charge in [0.2, 0.25) is 0 Å². The maximum Gasteiger partial charge on any atom is 0.139 e. The first-order chi connectivity index (χ1) is 21.1. The van der Waals surface area contributed by atoms with Gasteiger partial charge in [-0.1, -0.05) is 103 Å². The van der Waals surface area contributed by atoms with Crippen LogP contribution in [0.15, 0.2) is 132 Å². The van der Waals surface area contributed by atoms with E-state index in [1.807, 2.05) is 0 Å². The number of ether oxygens (including phenoxy) is 1. The molecule has 0 N–H and O–H groups in total. The number of rotatable bonds is 5. The van der Waals surface area contributed by atoms with Gasteiger partial charge >= 0.3 is 0 Å². The van der Waals surface area contributed by atoms with E-state index in [0.29, 0.717) is 0 Å². The summed E-state index contributed by atoms with van der Waals surface area (Å²) in [5.41, 5.74) is 8.94. The summed E-state index contributed by atoms with van der Waals surface area (Å²) in [4.78, 5) is 0. The molecule has 8 rings (SSSR count). The number of fused-ring (bicyclic) bond motifs is 3. The van der Waals surface area contributed by atoms with Gasteiger partial charge in [-0.2, -0.15) is 0 Å². The van der Waals surface area contributed by atoms with Gasteiger partial charge in [-0.05, 0) is 52.6 Å². The van der Waals surface area contributed by atoms with Crippen LogP contribution >= 0.6 is 0 Å². The first kappa shape index (κ1) is 25.7. The average Bonchev–Trinajstić information content (AvgIpc) is 3.70. The molecule has 3 atom stereocenters. The molecule has 210 valence electrons. The first-order valence-electron chi connectivity index (χ1n) is 15.0. The topological polar surface area (TPSA) is 27.3 Å². The number of aryl methyl sites for hydroxylation is 2. The minimum Gasteiger partial charge on any atom is -0.497 e. The molecular weight excluding hydrogens is 526 g/mol. The molecule has 0 saturated carbocycles. The Bertz CT molecular complexity index is 2090. The Morgan fingerprint density at radius 2 is 1.35 bits per heavy atom. The molecule has 0 bridgehead atoms. The van der Waals surface area contributed by atoms with Gasteiger partial charge in [0.1, 0.15) is 17.3 Å². The Hall–Kier alpha value is -5.02. The van der Waals surface area contributed by atoms with Crippen molar-refractivity contribution in [2.24, 2.45) is 7.05 Å². The molecule has 0 unspecified atom stereocenters. The number of hydrogen-bond donors (Lipinski definition) is 0. The smallest absolute Gasteiger partial charge is 0.139 e. The largest absolute Gasteiger partial charge is 0.497 e. The number of para-hydroxylation sites is 1. The molecule has 3 heteroatoms. The Labute approximate surface area is 252 Å². The van der Waals surface area contributed by atoms with E-state index >= 15 is 0 Å². The summed E-state index contributed by atoms with van der Waals surface area (Å²) in [7, 11) is 3.88. The monoisotopic (exact) mass is 559 g/mol. The fourth-order valence-corrected chi connectivity index (χ4v) is 7.66. The number of aromatic nitrogens is 1. The summed E-state index contributed by atoms with van der Waals surface area (Å²) < 4.78 is 14.7. The molecule has 3 nitrogen and oxygen atoms in total. The van der Waals surface area contributed by atoms with Crippen molar-refractivity contribution >= 4 is 21.7 Å². The van der Waals surface area contributed by atoms with Crippen molar-refractivity contribution in [2.75, 3.05) is 7.11 Å². The van der Waals surface area contributed by atoms with Crippen LogP contribution < -0.4 is 4.74 Å². The molecule has 0 spiro atoms. The molecule has 43 heavy (non-hydrogen) atoms. The molecule has 0 saturated heterocycles. The third-order valence-corrected chi connectivity index (χ3v) is 9.47. The molecule has 2 heterocycles.